The molecule has 0 saturated heterocycles. The van der Waals surface area contributed by atoms with Crippen molar-refractivity contribution in [3.8, 4) is 0 Å². The lowest BCUT2D eigenvalue weighted by Gasteiger charge is -2.00. The van der Waals surface area contributed by atoms with E-state index in [0.29, 0.717) is 6.61 Å². The molecule has 0 unspecified atom stereocenters. The topological polar surface area (TPSA) is 97.8 Å². The van der Waals surface area contributed by atoms with E-state index in [4.69, 9.17) is 11.1 Å². The number of ether oxygens (including phenoxy) is 1. The minimum atomic E-state index is -0.782. The van der Waals surface area contributed by atoms with Crippen molar-refractivity contribution >= 4 is 17.5 Å². The number of carbonyl (C=O) groups is 1. The van der Waals surface area contributed by atoms with Gasteiger partial charge in [0.2, 0.25) is 5.71 Å². The van der Waals surface area contributed by atoms with Crippen molar-refractivity contribution in [1.29, 1.82) is 5.41 Å². The molecule has 0 bridgehead atoms. The number of carbonyl (C=O) groups excluding carboxylic acids is 1. The number of nitrogens with two attached hydrogens (primary N) is 1. The summed E-state index contributed by atoms with van der Waals surface area (Å²) in [6.45, 7) is 1.99. The van der Waals surface area contributed by atoms with Gasteiger partial charge in [-0.05, 0) is 6.92 Å². The first-order valence-electron chi connectivity index (χ1n) is 3.26. The predicted octanol–water partition coefficient (Wildman–Crippen LogP) is -0.512. The number of oxime groups is 1. The summed E-state index contributed by atoms with van der Waals surface area (Å²) in [5.41, 5.74) is 4.71. The Labute approximate surface area is 69.8 Å². The maximum absolute atomic E-state index is 10.8. The van der Waals surface area contributed by atoms with Gasteiger partial charge in [-0.1, -0.05) is 5.16 Å². The molecule has 0 aliphatic carbocycles. The van der Waals surface area contributed by atoms with Crippen molar-refractivity contribution < 1.29 is 14.4 Å². The van der Waals surface area contributed by atoms with Crippen LogP contribution in [-0.4, -0.2) is 31.2 Å². The lowest BCUT2D eigenvalue weighted by atomic mass is 10.3. The highest BCUT2D eigenvalue weighted by molar-refractivity contribution is 6.64. The fourth-order valence-corrected chi connectivity index (χ4v) is 0.422. The molecule has 0 amide bonds. The van der Waals surface area contributed by atoms with Gasteiger partial charge in [-0.3, -0.25) is 5.41 Å². The van der Waals surface area contributed by atoms with Gasteiger partial charge in [0.15, 0.2) is 5.84 Å². The molecule has 0 aliphatic rings. The molecule has 0 aromatic rings. The first-order chi connectivity index (χ1) is 5.63. The number of esters is 1. The summed E-state index contributed by atoms with van der Waals surface area (Å²) in [5, 5.41) is 10.2. The summed E-state index contributed by atoms with van der Waals surface area (Å²) >= 11 is 0. The normalized spacial score (nSPS) is 10.7. The number of hydrogen-bond donors (Lipinski definition) is 2. The van der Waals surface area contributed by atoms with Crippen molar-refractivity contribution in [2.45, 2.75) is 6.92 Å². The first kappa shape index (κ1) is 10.4. The molecule has 0 aliphatic heterocycles. The van der Waals surface area contributed by atoms with Crippen LogP contribution < -0.4 is 5.73 Å². The Hall–Kier alpha value is -1.59. The number of hydrogen-bond acceptors (Lipinski definition) is 5. The summed E-state index contributed by atoms with van der Waals surface area (Å²) in [5.74, 6) is -1.26. The van der Waals surface area contributed by atoms with Crippen LogP contribution in [-0.2, 0) is 14.4 Å². The molecule has 0 fully saturated rings. The number of nitrogens with one attached hydrogen (secondary N) is 1. The lowest BCUT2D eigenvalue weighted by molar-refractivity contribution is -0.132. The van der Waals surface area contributed by atoms with E-state index < -0.39 is 11.8 Å². The van der Waals surface area contributed by atoms with Gasteiger partial charge in [-0.25, -0.2) is 4.79 Å². The van der Waals surface area contributed by atoms with E-state index in [-0.39, 0.29) is 5.71 Å². The highest BCUT2D eigenvalue weighted by Crippen LogP contribution is 1.85. The fraction of sp³-hybridized carbons (Fsp3) is 0.500. The van der Waals surface area contributed by atoms with E-state index in [1.165, 1.54) is 7.11 Å². The summed E-state index contributed by atoms with van der Waals surface area (Å²) in [6.07, 6.45) is 0. The Balaban J connectivity index is 4.43. The lowest BCUT2D eigenvalue weighted by Crippen LogP contribution is -2.31. The maximum atomic E-state index is 10.8. The molecule has 6 heteroatoms. The fourth-order valence-electron chi connectivity index (χ4n) is 0.422. The minimum absolute atomic E-state index is 0.299. The van der Waals surface area contributed by atoms with Crippen molar-refractivity contribution in [2.75, 3.05) is 13.7 Å². The van der Waals surface area contributed by atoms with Gasteiger partial charge in [-0.15, -0.1) is 0 Å². The zero-order valence-electron chi connectivity index (χ0n) is 6.96. The van der Waals surface area contributed by atoms with Gasteiger partial charge in [0.25, 0.3) is 0 Å². The molecule has 0 spiro atoms. The minimum Gasteiger partial charge on any atom is -0.464 e. The van der Waals surface area contributed by atoms with Crippen LogP contribution in [0, 0.1) is 5.41 Å². The van der Waals surface area contributed by atoms with E-state index in [1.54, 1.807) is 6.92 Å². The molecule has 0 aromatic carbocycles. The van der Waals surface area contributed by atoms with Gasteiger partial charge in [0.05, 0.1) is 7.11 Å². The Morgan fingerprint density at radius 1 is 1.67 bits per heavy atom. The highest BCUT2D eigenvalue weighted by Gasteiger charge is 2.15. The maximum Gasteiger partial charge on any atom is 0.363 e. The van der Waals surface area contributed by atoms with Crippen molar-refractivity contribution in [2.24, 2.45) is 10.9 Å². The molecule has 6 nitrogen and oxygen atoms in total. The number of amidine groups is 1. The van der Waals surface area contributed by atoms with Gasteiger partial charge >= 0.3 is 5.97 Å². The summed E-state index contributed by atoms with van der Waals surface area (Å²) in [6, 6.07) is 0. The average Bonchev–Trinajstić information content (AvgIpc) is 2.04. The van der Waals surface area contributed by atoms with Gasteiger partial charge in [0, 0.05) is 0 Å². The molecule has 0 heterocycles. The summed E-state index contributed by atoms with van der Waals surface area (Å²) < 4.78 is 4.30. The van der Waals surface area contributed by atoms with Crippen LogP contribution in [0.1, 0.15) is 6.92 Å². The molecule has 0 radical (unpaired) electrons. The van der Waals surface area contributed by atoms with Crippen LogP contribution in [0.3, 0.4) is 0 Å². The van der Waals surface area contributed by atoms with Crippen LogP contribution in [0.4, 0.5) is 0 Å². The second-order valence-corrected chi connectivity index (χ2v) is 1.76. The largest absolute Gasteiger partial charge is 0.464 e. The summed E-state index contributed by atoms with van der Waals surface area (Å²) in [7, 11) is 1.17. The Bertz CT molecular complexity index is 212. The standard InChI is InChI=1S/C6H11N3O3/c1-3-12-9-4(5(7)8)6(10)11-2/h3H2,1-2H3,(H3,7,8). The Morgan fingerprint density at radius 2 is 2.25 bits per heavy atom. The highest BCUT2D eigenvalue weighted by atomic mass is 16.6. The number of methoxy groups -OCH3 is 1. The van der Waals surface area contributed by atoms with Gasteiger partial charge in [-0.2, -0.15) is 0 Å². The molecule has 0 rings (SSSR count). The average molecular weight is 173 g/mol. The molecule has 0 aromatic heterocycles. The van der Waals surface area contributed by atoms with E-state index in [9.17, 15) is 4.79 Å². The molecular formula is C6H11N3O3. The summed E-state index contributed by atoms with van der Waals surface area (Å²) in [4.78, 5) is 15.4. The Morgan fingerprint density at radius 3 is 2.58 bits per heavy atom. The first-order valence-corrected chi connectivity index (χ1v) is 3.26. The number of rotatable bonds is 4. The zero-order chi connectivity index (χ0) is 9.56. The second kappa shape index (κ2) is 5.11. The van der Waals surface area contributed by atoms with Crippen molar-refractivity contribution in [1.82, 2.24) is 0 Å². The second-order valence-electron chi connectivity index (χ2n) is 1.76. The molecule has 12 heavy (non-hydrogen) atoms. The van der Waals surface area contributed by atoms with Crippen molar-refractivity contribution in [3.63, 3.8) is 0 Å². The van der Waals surface area contributed by atoms with Crippen LogP contribution >= 0.6 is 0 Å². The number of nitrogens with zero attached hydrogens (tertiary/aromatic N) is 1. The smallest absolute Gasteiger partial charge is 0.363 e. The van der Waals surface area contributed by atoms with Crippen LogP contribution in [0.25, 0.3) is 0 Å². The molecule has 0 atom stereocenters. The molecule has 0 saturated carbocycles. The molecule has 68 valence electrons. The third-order valence-corrected chi connectivity index (χ3v) is 0.919. The van der Waals surface area contributed by atoms with Crippen LogP contribution in [0.5, 0.6) is 0 Å². The van der Waals surface area contributed by atoms with E-state index in [0.717, 1.165) is 0 Å². The van der Waals surface area contributed by atoms with E-state index in [1.807, 2.05) is 0 Å². The van der Waals surface area contributed by atoms with Gasteiger partial charge in [0.1, 0.15) is 6.61 Å². The van der Waals surface area contributed by atoms with E-state index >= 15 is 0 Å². The van der Waals surface area contributed by atoms with Crippen LogP contribution in [0.2, 0.25) is 0 Å². The van der Waals surface area contributed by atoms with E-state index in [2.05, 4.69) is 14.7 Å². The van der Waals surface area contributed by atoms with Gasteiger partial charge < -0.3 is 15.3 Å². The quantitative estimate of drug-likeness (QED) is 0.259. The third kappa shape index (κ3) is 3.00. The monoisotopic (exact) mass is 173 g/mol. The molecular weight excluding hydrogens is 162 g/mol. The van der Waals surface area contributed by atoms with Crippen LogP contribution in [0.15, 0.2) is 5.16 Å². The SMILES string of the molecule is CCON=C(C(=N)N)C(=O)OC. The zero-order valence-corrected chi connectivity index (χ0v) is 6.96. The van der Waals surface area contributed by atoms with Crippen molar-refractivity contribution in [3.05, 3.63) is 0 Å². The third-order valence-electron chi connectivity index (χ3n) is 0.919. The molecule has 3 N–H and O–H groups in total. The Kier molecular flexibility index (Phi) is 4.43. The predicted molar refractivity (Wildman–Crippen MR) is 43.0 cm³/mol.